The lowest BCUT2D eigenvalue weighted by atomic mass is 9.76. The van der Waals surface area contributed by atoms with E-state index in [0.29, 0.717) is 54.8 Å². The molecule has 0 saturated carbocycles. The number of carbonyl (C=O) groups excluding carboxylic acids is 1. The van der Waals surface area contributed by atoms with Crippen molar-refractivity contribution in [1.29, 1.82) is 0 Å². The minimum absolute atomic E-state index is 0.0150. The average molecular weight is 569 g/mol. The number of ether oxygens (including phenoxy) is 1. The lowest BCUT2D eigenvalue weighted by molar-refractivity contribution is -0.134. The molecule has 0 radical (unpaired) electrons. The Morgan fingerprint density at radius 1 is 1.00 bits per heavy atom. The molecule has 208 valence electrons. The van der Waals surface area contributed by atoms with Crippen LogP contribution in [0.15, 0.2) is 77.7 Å². The van der Waals surface area contributed by atoms with Gasteiger partial charge >= 0.3 is 0 Å². The number of hydrogen-bond donors (Lipinski definition) is 0. The second-order valence-electron chi connectivity index (χ2n) is 10.5. The molecular weight excluding hydrogens is 532 g/mol. The summed E-state index contributed by atoms with van der Waals surface area (Å²) < 4.78 is 34.5. The third-order valence-corrected chi connectivity index (χ3v) is 9.98. The molecule has 1 aliphatic heterocycles. The zero-order valence-corrected chi connectivity index (χ0v) is 24.5. The van der Waals surface area contributed by atoms with E-state index in [2.05, 4.69) is 0 Å². The first-order chi connectivity index (χ1) is 18.6. The van der Waals surface area contributed by atoms with Crippen LogP contribution in [0, 0.1) is 12.3 Å². The zero-order valence-electron chi connectivity index (χ0n) is 22.9. The van der Waals surface area contributed by atoms with Crippen molar-refractivity contribution in [3.8, 4) is 5.75 Å². The molecule has 0 bridgehead atoms. The Labute approximate surface area is 237 Å². The van der Waals surface area contributed by atoms with E-state index < -0.39 is 15.4 Å². The maximum absolute atomic E-state index is 13.4. The van der Waals surface area contributed by atoms with Crippen LogP contribution >= 0.6 is 11.6 Å². The van der Waals surface area contributed by atoms with Crippen molar-refractivity contribution >= 4 is 27.5 Å². The number of carbonyl (C=O) groups is 1. The topological polar surface area (TPSA) is 66.9 Å². The zero-order chi connectivity index (χ0) is 28.0. The molecule has 0 unspecified atom stereocenters. The summed E-state index contributed by atoms with van der Waals surface area (Å²) in [7, 11) is -1.81. The van der Waals surface area contributed by atoms with Crippen LogP contribution in [0.1, 0.15) is 42.9 Å². The van der Waals surface area contributed by atoms with E-state index in [0.717, 1.165) is 23.1 Å². The SMILES string of the molecule is CCc1ccc(S(=O)(=O)N2CCC(COc3ccc(Cl)c(C)c3)(CC(=O)N(C)Cc3ccccc3)CC2)cc1. The number of sulfonamides is 1. The van der Waals surface area contributed by atoms with Gasteiger partial charge in [0, 0.05) is 43.5 Å². The average Bonchev–Trinajstić information content (AvgIpc) is 2.94. The maximum Gasteiger partial charge on any atom is 0.243 e. The van der Waals surface area contributed by atoms with Crippen LogP contribution in [0.25, 0.3) is 0 Å². The Hall–Kier alpha value is -2.87. The third-order valence-electron chi connectivity index (χ3n) is 7.64. The Bertz CT molecular complexity index is 1370. The normalized spacial score (nSPS) is 15.6. The largest absolute Gasteiger partial charge is 0.493 e. The third kappa shape index (κ3) is 7.21. The lowest BCUT2D eigenvalue weighted by Crippen LogP contribution is -2.47. The molecule has 0 aliphatic carbocycles. The molecule has 1 aliphatic rings. The van der Waals surface area contributed by atoms with E-state index in [4.69, 9.17) is 16.3 Å². The van der Waals surface area contributed by atoms with Crippen molar-refractivity contribution in [1.82, 2.24) is 9.21 Å². The Morgan fingerprint density at radius 2 is 1.67 bits per heavy atom. The molecule has 1 fully saturated rings. The number of hydrogen-bond acceptors (Lipinski definition) is 4. The minimum Gasteiger partial charge on any atom is -0.493 e. The molecular formula is C31H37ClN2O4S. The molecule has 8 heteroatoms. The molecule has 0 atom stereocenters. The van der Waals surface area contributed by atoms with Gasteiger partial charge in [-0.1, -0.05) is 61.0 Å². The van der Waals surface area contributed by atoms with Gasteiger partial charge in [0.1, 0.15) is 5.75 Å². The fourth-order valence-corrected chi connectivity index (χ4v) is 6.52. The molecule has 1 amide bonds. The van der Waals surface area contributed by atoms with Crippen LogP contribution in [-0.2, 0) is 27.8 Å². The van der Waals surface area contributed by atoms with E-state index in [1.165, 1.54) is 4.31 Å². The lowest BCUT2D eigenvalue weighted by Gasteiger charge is -2.41. The van der Waals surface area contributed by atoms with Crippen LogP contribution in [-0.4, -0.2) is 50.3 Å². The van der Waals surface area contributed by atoms with Gasteiger partial charge in [-0.2, -0.15) is 4.31 Å². The smallest absolute Gasteiger partial charge is 0.243 e. The standard InChI is InChI=1S/C31H37ClN2O4S/c1-4-25-10-13-28(14-11-25)39(36,37)34-18-16-31(17-19-34,23-38-27-12-15-29(32)24(2)20-27)21-30(35)33(3)22-26-8-6-5-7-9-26/h5-15,20H,4,16-19,21-23H2,1-3H3. The first kappa shape index (κ1) is 29.1. The van der Waals surface area contributed by atoms with Crippen LogP contribution in [0.5, 0.6) is 5.75 Å². The summed E-state index contributed by atoms with van der Waals surface area (Å²) in [6, 6.07) is 22.5. The van der Waals surface area contributed by atoms with E-state index in [1.807, 2.05) is 75.5 Å². The van der Waals surface area contributed by atoms with Gasteiger partial charge in [0.05, 0.1) is 11.5 Å². The molecule has 0 aromatic heterocycles. The molecule has 0 spiro atoms. The summed E-state index contributed by atoms with van der Waals surface area (Å²) in [4.78, 5) is 15.5. The van der Waals surface area contributed by atoms with Crippen molar-refractivity contribution in [2.75, 3.05) is 26.7 Å². The molecule has 4 rings (SSSR count). The van der Waals surface area contributed by atoms with E-state index in [-0.39, 0.29) is 12.3 Å². The molecule has 1 heterocycles. The number of nitrogens with zero attached hydrogens (tertiary/aromatic N) is 2. The summed E-state index contributed by atoms with van der Waals surface area (Å²) in [6.45, 7) is 5.45. The molecule has 3 aromatic rings. The number of halogens is 1. The van der Waals surface area contributed by atoms with Crippen LogP contribution in [0.3, 0.4) is 0 Å². The van der Waals surface area contributed by atoms with E-state index in [9.17, 15) is 13.2 Å². The second kappa shape index (κ2) is 12.5. The van der Waals surface area contributed by atoms with Gasteiger partial charge in [0.15, 0.2) is 0 Å². The van der Waals surface area contributed by atoms with Crippen molar-refractivity contribution in [3.63, 3.8) is 0 Å². The fraction of sp³-hybridized carbons (Fsp3) is 0.387. The van der Waals surface area contributed by atoms with Crippen LogP contribution in [0.4, 0.5) is 0 Å². The summed E-state index contributed by atoms with van der Waals surface area (Å²) >= 11 is 6.19. The molecule has 3 aromatic carbocycles. The van der Waals surface area contributed by atoms with Gasteiger partial charge in [-0.25, -0.2) is 8.42 Å². The Balaban J connectivity index is 1.50. The highest BCUT2D eigenvalue weighted by atomic mass is 35.5. The minimum atomic E-state index is -3.62. The predicted molar refractivity (Wildman–Crippen MR) is 155 cm³/mol. The number of benzene rings is 3. The molecule has 6 nitrogen and oxygen atoms in total. The van der Waals surface area contributed by atoms with Crippen molar-refractivity contribution in [2.24, 2.45) is 5.41 Å². The van der Waals surface area contributed by atoms with Gasteiger partial charge in [0.25, 0.3) is 0 Å². The number of aryl methyl sites for hydroxylation is 2. The Morgan fingerprint density at radius 3 is 2.28 bits per heavy atom. The molecule has 1 saturated heterocycles. The van der Waals surface area contributed by atoms with Gasteiger partial charge in [-0.3, -0.25) is 4.79 Å². The number of amides is 1. The van der Waals surface area contributed by atoms with Gasteiger partial charge < -0.3 is 9.64 Å². The van der Waals surface area contributed by atoms with Crippen molar-refractivity contribution < 1.29 is 17.9 Å². The van der Waals surface area contributed by atoms with Gasteiger partial charge in [0.2, 0.25) is 15.9 Å². The summed E-state index contributed by atoms with van der Waals surface area (Å²) in [5, 5.41) is 0.667. The van der Waals surface area contributed by atoms with Crippen LogP contribution in [0.2, 0.25) is 5.02 Å². The number of rotatable bonds is 10. The molecule has 39 heavy (non-hydrogen) atoms. The Kier molecular flexibility index (Phi) is 9.36. The van der Waals surface area contributed by atoms with E-state index >= 15 is 0 Å². The van der Waals surface area contributed by atoms with E-state index in [1.54, 1.807) is 23.1 Å². The van der Waals surface area contributed by atoms with Gasteiger partial charge in [-0.15, -0.1) is 0 Å². The summed E-state index contributed by atoms with van der Waals surface area (Å²) in [5.74, 6) is 0.702. The van der Waals surface area contributed by atoms with Crippen molar-refractivity contribution in [3.05, 3.63) is 94.5 Å². The summed E-state index contributed by atoms with van der Waals surface area (Å²) in [6.07, 6.45) is 2.18. The first-order valence-corrected chi connectivity index (χ1v) is 15.2. The fourth-order valence-electron chi connectivity index (χ4n) is 4.96. The highest BCUT2D eigenvalue weighted by molar-refractivity contribution is 7.89. The highest BCUT2D eigenvalue weighted by Gasteiger charge is 2.41. The van der Waals surface area contributed by atoms with Crippen molar-refractivity contribution in [2.45, 2.75) is 51.0 Å². The monoisotopic (exact) mass is 568 g/mol. The number of piperidine rings is 1. The second-order valence-corrected chi connectivity index (χ2v) is 12.9. The quantitative estimate of drug-likeness (QED) is 0.296. The maximum atomic E-state index is 13.4. The van der Waals surface area contributed by atoms with Gasteiger partial charge in [-0.05, 0) is 73.2 Å². The summed E-state index contributed by atoms with van der Waals surface area (Å²) in [5.41, 5.74) is 2.58. The molecule has 0 N–H and O–H groups in total. The van der Waals surface area contributed by atoms with Crippen LogP contribution < -0.4 is 4.74 Å². The highest BCUT2D eigenvalue weighted by Crippen LogP contribution is 2.38. The predicted octanol–water partition coefficient (Wildman–Crippen LogP) is 6.11. The first-order valence-electron chi connectivity index (χ1n) is 13.4.